The maximum Gasteiger partial charge on any atom is 0.0669 e. The van der Waals surface area contributed by atoms with Gasteiger partial charge < -0.3 is 5.32 Å². The summed E-state index contributed by atoms with van der Waals surface area (Å²) < 4.78 is 1.15. The summed E-state index contributed by atoms with van der Waals surface area (Å²) in [4.78, 5) is 1.33. The molecule has 15 heavy (non-hydrogen) atoms. The Morgan fingerprint density at radius 2 is 2.00 bits per heavy atom. The monoisotopic (exact) mass is 281 g/mol. The average Bonchev–Trinajstić information content (AvgIpc) is 2.68. The molecule has 2 aromatic rings. The number of thiophene rings is 1. The number of hydrogen-bond acceptors (Lipinski definition) is 2. The van der Waals surface area contributed by atoms with E-state index in [4.69, 9.17) is 0 Å². The molecular weight excluding hydrogens is 270 g/mol. The van der Waals surface area contributed by atoms with Crippen LogP contribution in [0, 0.1) is 0 Å². The molecule has 0 fully saturated rings. The summed E-state index contributed by atoms with van der Waals surface area (Å²) in [5.74, 6) is 0. The van der Waals surface area contributed by atoms with Crippen molar-refractivity contribution in [1.82, 2.24) is 5.32 Å². The Balaban J connectivity index is 2.33. The topological polar surface area (TPSA) is 12.0 Å². The largest absolute Gasteiger partial charge is 0.309 e. The predicted octanol–water partition coefficient (Wildman–Crippen LogP) is 3.82. The van der Waals surface area contributed by atoms with E-state index in [-0.39, 0.29) is 0 Å². The maximum absolute atomic E-state index is 3.48. The molecule has 0 saturated heterocycles. The van der Waals surface area contributed by atoms with Crippen LogP contribution in [0.15, 0.2) is 46.3 Å². The van der Waals surface area contributed by atoms with E-state index in [9.17, 15) is 0 Å². The van der Waals surface area contributed by atoms with E-state index in [2.05, 4.69) is 57.0 Å². The van der Waals surface area contributed by atoms with Crippen LogP contribution in [0.2, 0.25) is 0 Å². The number of nitrogens with one attached hydrogen (secondary N) is 1. The van der Waals surface area contributed by atoms with Gasteiger partial charge in [0.25, 0.3) is 0 Å². The fraction of sp³-hybridized carbons (Fsp3) is 0.167. The van der Waals surface area contributed by atoms with Crippen LogP contribution < -0.4 is 5.32 Å². The molecule has 0 radical (unpaired) electrons. The fourth-order valence-electron chi connectivity index (χ4n) is 1.60. The molecule has 1 aromatic heterocycles. The molecule has 0 bridgehead atoms. The van der Waals surface area contributed by atoms with Gasteiger partial charge in [-0.15, -0.1) is 11.3 Å². The van der Waals surface area contributed by atoms with Crippen LogP contribution in [0.3, 0.4) is 0 Å². The minimum atomic E-state index is 0.294. The van der Waals surface area contributed by atoms with Gasteiger partial charge in [-0.25, -0.2) is 0 Å². The van der Waals surface area contributed by atoms with Gasteiger partial charge in [0.15, 0.2) is 0 Å². The quantitative estimate of drug-likeness (QED) is 0.902. The highest BCUT2D eigenvalue weighted by molar-refractivity contribution is 9.10. The third-order valence-electron chi connectivity index (χ3n) is 2.29. The van der Waals surface area contributed by atoms with Crippen LogP contribution in [-0.2, 0) is 0 Å². The summed E-state index contributed by atoms with van der Waals surface area (Å²) in [6, 6.07) is 12.9. The Morgan fingerprint density at radius 1 is 1.27 bits per heavy atom. The zero-order valence-corrected chi connectivity index (χ0v) is 10.8. The molecule has 0 aliphatic carbocycles. The minimum Gasteiger partial charge on any atom is -0.309 e. The molecule has 1 nitrogen and oxygen atoms in total. The van der Waals surface area contributed by atoms with E-state index >= 15 is 0 Å². The van der Waals surface area contributed by atoms with Crippen LogP contribution in [-0.4, -0.2) is 7.05 Å². The van der Waals surface area contributed by atoms with E-state index in [0.717, 1.165) is 4.47 Å². The molecule has 1 aromatic carbocycles. The maximum atomic E-state index is 3.48. The summed E-state index contributed by atoms with van der Waals surface area (Å²) in [7, 11) is 1.99. The first-order valence-electron chi connectivity index (χ1n) is 4.77. The number of rotatable bonds is 3. The SMILES string of the molecule is CNC(c1ccccc1)c1cc(Br)cs1. The van der Waals surface area contributed by atoms with Gasteiger partial charge in [-0.05, 0) is 34.6 Å². The molecule has 78 valence electrons. The highest BCUT2D eigenvalue weighted by Crippen LogP contribution is 2.29. The Labute approximate surface area is 102 Å². The Morgan fingerprint density at radius 3 is 2.53 bits per heavy atom. The molecular formula is C12H12BrNS. The van der Waals surface area contributed by atoms with Gasteiger partial charge in [-0.1, -0.05) is 30.3 Å². The van der Waals surface area contributed by atoms with Crippen molar-refractivity contribution in [3.05, 3.63) is 56.7 Å². The third kappa shape index (κ3) is 2.48. The molecule has 1 heterocycles. The van der Waals surface area contributed by atoms with Crippen molar-refractivity contribution in [3.8, 4) is 0 Å². The summed E-state index contributed by atoms with van der Waals surface area (Å²) in [6.45, 7) is 0. The summed E-state index contributed by atoms with van der Waals surface area (Å²) in [6.07, 6.45) is 0. The Kier molecular flexibility index (Phi) is 3.57. The molecule has 0 saturated carbocycles. The second-order valence-electron chi connectivity index (χ2n) is 3.30. The summed E-state index contributed by atoms with van der Waals surface area (Å²) in [5.41, 5.74) is 1.30. The first-order valence-corrected chi connectivity index (χ1v) is 6.44. The van der Waals surface area contributed by atoms with Crippen LogP contribution >= 0.6 is 27.3 Å². The smallest absolute Gasteiger partial charge is 0.0669 e. The number of benzene rings is 1. The molecule has 1 unspecified atom stereocenters. The van der Waals surface area contributed by atoms with E-state index < -0.39 is 0 Å². The van der Waals surface area contributed by atoms with Crippen molar-refractivity contribution in [2.75, 3.05) is 7.05 Å². The van der Waals surface area contributed by atoms with Crippen LogP contribution in [0.4, 0.5) is 0 Å². The third-order valence-corrected chi connectivity index (χ3v) is 4.05. The minimum absolute atomic E-state index is 0.294. The van der Waals surface area contributed by atoms with Crippen molar-refractivity contribution in [1.29, 1.82) is 0 Å². The normalized spacial score (nSPS) is 12.7. The second kappa shape index (κ2) is 4.92. The lowest BCUT2D eigenvalue weighted by atomic mass is 10.1. The van der Waals surface area contributed by atoms with E-state index in [1.54, 1.807) is 11.3 Å². The molecule has 2 rings (SSSR count). The van der Waals surface area contributed by atoms with E-state index in [1.807, 2.05) is 13.1 Å². The highest BCUT2D eigenvalue weighted by Gasteiger charge is 2.12. The van der Waals surface area contributed by atoms with Crippen molar-refractivity contribution >= 4 is 27.3 Å². The first kappa shape index (κ1) is 10.9. The van der Waals surface area contributed by atoms with Gasteiger partial charge in [0.05, 0.1) is 6.04 Å². The van der Waals surface area contributed by atoms with Crippen LogP contribution in [0.5, 0.6) is 0 Å². The average molecular weight is 282 g/mol. The lowest BCUT2D eigenvalue weighted by Crippen LogP contribution is -2.16. The van der Waals surface area contributed by atoms with Gasteiger partial charge in [0, 0.05) is 14.7 Å². The molecule has 1 N–H and O–H groups in total. The first-order chi connectivity index (χ1) is 7.31. The lowest BCUT2D eigenvalue weighted by Gasteiger charge is -2.14. The highest BCUT2D eigenvalue weighted by atomic mass is 79.9. The molecule has 0 spiro atoms. The van der Waals surface area contributed by atoms with E-state index in [1.165, 1.54) is 10.4 Å². The molecule has 0 amide bonds. The standard InChI is InChI=1S/C12H12BrNS/c1-14-12(9-5-3-2-4-6-9)11-7-10(13)8-15-11/h2-8,12,14H,1H3. The van der Waals surface area contributed by atoms with Gasteiger partial charge in [-0.3, -0.25) is 0 Å². The van der Waals surface area contributed by atoms with Gasteiger partial charge in [0.2, 0.25) is 0 Å². The molecule has 0 aliphatic rings. The molecule has 1 atom stereocenters. The lowest BCUT2D eigenvalue weighted by molar-refractivity contribution is 0.704. The second-order valence-corrected chi connectivity index (χ2v) is 5.16. The van der Waals surface area contributed by atoms with Crippen LogP contribution in [0.1, 0.15) is 16.5 Å². The Hall–Kier alpha value is -0.640. The fourth-order valence-corrected chi connectivity index (χ4v) is 3.18. The van der Waals surface area contributed by atoms with Crippen LogP contribution in [0.25, 0.3) is 0 Å². The number of hydrogen-bond donors (Lipinski definition) is 1. The van der Waals surface area contributed by atoms with E-state index in [0.29, 0.717) is 6.04 Å². The molecule has 0 aliphatic heterocycles. The van der Waals surface area contributed by atoms with Gasteiger partial charge in [-0.2, -0.15) is 0 Å². The summed E-state index contributed by atoms with van der Waals surface area (Å²) in [5, 5.41) is 5.45. The van der Waals surface area contributed by atoms with Crippen molar-refractivity contribution in [2.24, 2.45) is 0 Å². The Bertz CT molecular complexity index is 424. The zero-order valence-electron chi connectivity index (χ0n) is 8.41. The van der Waals surface area contributed by atoms with Gasteiger partial charge >= 0.3 is 0 Å². The van der Waals surface area contributed by atoms with Gasteiger partial charge in [0.1, 0.15) is 0 Å². The molecule has 3 heteroatoms. The van der Waals surface area contributed by atoms with Crippen molar-refractivity contribution in [2.45, 2.75) is 6.04 Å². The number of halogens is 1. The summed E-state index contributed by atoms with van der Waals surface area (Å²) >= 11 is 5.25. The van der Waals surface area contributed by atoms with Crippen molar-refractivity contribution < 1.29 is 0 Å². The van der Waals surface area contributed by atoms with Crippen molar-refractivity contribution in [3.63, 3.8) is 0 Å². The predicted molar refractivity (Wildman–Crippen MR) is 69.4 cm³/mol. The zero-order chi connectivity index (χ0) is 10.7.